The Labute approximate surface area is 145 Å². The van der Waals surface area contributed by atoms with Crippen LogP contribution >= 0.6 is 15.9 Å². The molecule has 1 aromatic rings. The molecule has 3 rings (SSSR count). The third kappa shape index (κ3) is 3.36. The second-order valence-corrected chi connectivity index (χ2v) is 7.28. The summed E-state index contributed by atoms with van der Waals surface area (Å²) in [6, 6.07) is 5.71. The molecule has 1 amide bonds. The highest BCUT2D eigenvalue weighted by molar-refractivity contribution is 9.10. The van der Waals surface area contributed by atoms with Crippen molar-refractivity contribution in [2.24, 2.45) is 0 Å². The van der Waals surface area contributed by atoms with Crippen LogP contribution in [-0.4, -0.2) is 35.8 Å². The maximum absolute atomic E-state index is 12.7. The van der Waals surface area contributed by atoms with E-state index in [0.29, 0.717) is 6.61 Å². The molecule has 2 heterocycles. The summed E-state index contributed by atoms with van der Waals surface area (Å²) in [4.78, 5) is 26.7. The van der Waals surface area contributed by atoms with Crippen LogP contribution in [0.25, 0.3) is 0 Å². The number of halogens is 1. The number of benzene rings is 1. The molecule has 2 aliphatic rings. The molecule has 0 aliphatic carbocycles. The van der Waals surface area contributed by atoms with Crippen molar-refractivity contribution >= 4 is 33.3 Å². The van der Waals surface area contributed by atoms with Gasteiger partial charge in [0.05, 0.1) is 4.83 Å². The van der Waals surface area contributed by atoms with Crippen LogP contribution in [0.3, 0.4) is 0 Å². The number of carbonyl (C=O) groups excluding carboxylic acids is 2. The maximum atomic E-state index is 12.7. The van der Waals surface area contributed by atoms with Crippen molar-refractivity contribution in [2.75, 3.05) is 18.1 Å². The van der Waals surface area contributed by atoms with Gasteiger partial charge in [-0.25, -0.2) is 0 Å². The maximum Gasteiger partial charge on any atom is 0.256 e. The van der Waals surface area contributed by atoms with Gasteiger partial charge in [-0.1, -0.05) is 22.9 Å². The molecular weight excluding hydrogens is 358 g/mol. The SMILES string of the molecule is CCC(Br)C(=O)c1ccc2c(c1)CCCN2C(=O)C1CCCO1. The molecule has 1 saturated heterocycles. The van der Waals surface area contributed by atoms with Crippen molar-refractivity contribution in [3.63, 3.8) is 0 Å². The van der Waals surface area contributed by atoms with Gasteiger partial charge >= 0.3 is 0 Å². The van der Waals surface area contributed by atoms with Crippen molar-refractivity contribution in [2.45, 2.75) is 50.0 Å². The Morgan fingerprint density at radius 1 is 1.39 bits per heavy atom. The fourth-order valence-corrected chi connectivity index (χ4v) is 3.56. The normalized spacial score (nSPS) is 21.8. The molecule has 0 radical (unpaired) electrons. The van der Waals surface area contributed by atoms with Crippen molar-refractivity contribution < 1.29 is 14.3 Å². The Kier molecular flexibility index (Phi) is 5.17. The molecule has 0 aromatic heterocycles. The zero-order valence-electron chi connectivity index (χ0n) is 13.4. The van der Waals surface area contributed by atoms with E-state index in [2.05, 4.69) is 15.9 Å². The van der Waals surface area contributed by atoms with Gasteiger partial charge < -0.3 is 9.64 Å². The van der Waals surface area contributed by atoms with E-state index in [1.807, 2.05) is 30.0 Å². The monoisotopic (exact) mass is 379 g/mol. The first-order valence-electron chi connectivity index (χ1n) is 8.36. The summed E-state index contributed by atoms with van der Waals surface area (Å²) >= 11 is 3.42. The number of Topliss-reactive ketones (excluding diaryl/α,β-unsaturated/α-hetero) is 1. The van der Waals surface area contributed by atoms with Crippen LogP contribution in [0.15, 0.2) is 18.2 Å². The Hall–Kier alpha value is -1.20. The third-order valence-electron chi connectivity index (χ3n) is 4.60. The van der Waals surface area contributed by atoms with E-state index in [0.717, 1.165) is 55.5 Å². The zero-order chi connectivity index (χ0) is 16.4. The van der Waals surface area contributed by atoms with Crippen LogP contribution in [0.1, 0.15) is 48.5 Å². The molecule has 2 unspecified atom stereocenters. The van der Waals surface area contributed by atoms with E-state index in [-0.39, 0.29) is 22.6 Å². The number of rotatable bonds is 4. The summed E-state index contributed by atoms with van der Waals surface area (Å²) in [6.07, 6.45) is 4.06. The molecule has 4 nitrogen and oxygen atoms in total. The number of carbonyl (C=O) groups is 2. The minimum atomic E-state index is -0.297. The molecule has 23 heavy (non-hydrogen) atoms. The molecule has 2 aliphatic heterocycles. The van der Waals surface area contributed by atoms with Crippen LogP contribution in [-0.2, 0) is 16.0 Å². The first-order valence-corrected chi connectivity index (χ1v) is 9.27. The van der Waals surface area contributed by atoms with Crippen LogP contribution in [0, 0.1) is 0 Å². The topological polar surface area (TPSA) is 46.6 Å². The smallest absolute Gasteiger partial charge is 0.256 e. The average Bonchev–Trinajstić information content (AvgIpc) is 3.13. The lowest BCUT2D eigenvalue weighted by Gasteiger charge is -2.31. The highest BCUT2D eigenvalue weighted by Gasteiger charge is 2.31. The molecule has 0 spiro atoms. The minimum Gasteiger partial charge on any atom is -0.368 e. The third-order valence-corrected chi connectivity index (χ3v) is 5.66. The fraction of sp³-hybridized carbons (Fsp3) is 0.556. The van der Waals surface area contributed by atoms with Gasteiger partial charge in [0.15, 0.2) is 5.78 Å². The number of ketones is 1. The van der Waals surface area contributed by atoms with Crippen LogP contribution in [0.5, 0.6) is 0 Å². The zero-order valence-corrected chi connectivity index (χ0v) is 15.0. The number of aryl methyl sites for hydroxylation is 1. The first kappa shape index (κ1) is 16.7. The van der Waals surface area contributed by atoms with Crippen LogP contribution in [0.4, 0.5) is 5.69 Å². The van der Waals surface area contributed by atoms with Crippen molar-refractivity contribution in [3.05, 3.63) is 29.3 Å². The van der Waals surface area contributed by atoms with E-state index in [4.69, 9.17) is 4.74 Å². The number of ether oxygens (including phenoxy) is 1. The molecule has 1 aromatic carbocycles. The Bertz CT molecular complexity index is 610. The first-order chi connectivity index (χ1) is 11.1. The van der Waals surface area contributed by atoms with E-state index < -0.39 is 0 Å². The second-order valence-electron chi connectivity index (χ2n) is 6.18. The molecule has 1 fully saturated rings. The van der Waals surface area contributed by atoms with Gasteiger partial charge in [-0.15, -0.1) is 0 Å². The fourth-order valence-electron chi connectivity index (χ4n) is 3.29. The van der Waals surface area contributed by atoms with Crippen LogP contribution < -0.4 is 4.90 Å². The lowest BCUT2D eigenvalue weighted by molar-refractivity contribution is -0.127. The number of hydrogen-bond acceptors (Lipinski definition) is 3. The number of amides is 1. The van der Waals surface area contributed by atoms with E-state index in [1.165, 1.54) is 0 Å². The molecule has 5 heteroatoms. The van der Waals surface area contributed by atoms with Crippen LogP contribution in [0.2, 0.25) is 0 Å². The molecule has 0 saturated carbocycles. The van der Waals surface area contributed by atoms with Gasteiger partial charge in [0.1, 0.15) is 6.10 Å². The average molecular weight is 380 g/mol. The number of nitrogens with zero attached hydrogens (tertiary/aromatic N) is 1. The summed E-state index contributed by atoms with van der Waals surface area (Å²) in [5.74, 6) is 0.173. The summed E-state index contributed by atoms with van der Waals surface area (Å²) in [5, 5.41) is 0. The van der Waals surface area contributed by atoms with Gasteiger partial charge in [0.2, 0.25) is 0 Å². The van der Waals surface area contributed by atoms with Gasteiger partial charge in [-0.05, 0) is 55.9 Å². The molecule has 2 atom stereocenters. The van der Waals surface area contributed by atoms with Crippen molar-refractivity contribution in [1.82, 2.24) is 0 Å². The second kappa shape index (κ2) is 7.14. The number of hydrogen-bond donors (Lipinski definition) is 0. The lowest BCUT2D eigenvalue weighted by atomic mass is 9.96. The minimum absolute atomic E-state index is 0.0643. The highest BCUT2D eigenvalue weighted by atomic mass is 79.9. The summed E-state index contributed by atoms with van der Waals surface area (Å²) < 4.78 is 5.54. The summed E-state index contributed by atoms with van der Waals surface area (Å²) in [7, 11) is 0. The van der Waals surface area contributed by atoms with E-state index in [9.17, 15) is 9.59 Å². The Morgan fingerprint density at radius 2 is 2.22 bits per heavy atom. The quantitative estimate of drug-likeness (QED) is 0.593. The number of fused-ring (bicyclic) bond motifs is 1. The summed E-state index contributed by atoms with van der Waals surface area (Å²) in [5.41, 5.74) is 2.75. The molecule has 0 bridgehead atoms. The predicted molar refractivity (Wildman–Crippen MR) is 93.4 cm³/mol. The lowest BCUT2D eigenvalue weighted by Crippen LogP contribution is -2.42. The predicted octanol–water partition coefficient (Wildman–Crippen LogP) is 3.50. The molecular formula is C18H22BrNO3. The van der Waals surface area contributed by atoms with Gasteiger partial charge in [0.25, 0.3) is 5.91 Å². The number of anilines is 1. The van der Waals surface area contributed by atoms with Gasteiger partial charge in [0, 0.05) is 24.4 Å². The van der Waals surface area contributed by atoms with Gasteiger partial charge in [-0.3, -0.25) is 9.59 Å². The van der Waals surface area contributed by atoms with Gasteiger partial charge in [-0.2, -0.15) is 0 Å². The number of alkyl halides is 1. The van der Waals surface area contributed by atoms with Crippen molar-refractivity contribution in [3.8, 4) is 0 Å². The molecule has 0 N–H and O–H groups in total. The Morgan fingerprint density at radius 3 is 2.91 bits per heavy atom. The summed E-state index contributed by atoms with van der Waals surface area (Å²) in [6.45, 7) is 3.39. The Balaban J connectivity index is 1.85. The van der Waals surface area contributed by atoms with Crippen molar-refractivity contribution in [1.29, 1.82) is 0 Å². The largest absolute Gasteiger partial charge is 0.368 e. The molecule has 124 valence electrons. The van der Waals surface area contributed by atoms with E-state index >= 15 is 0 Å². The van der Waals surface area contributed by atoms with E-state index in [1.54, 1.807) is 0 Å². The standard InChI is InChI=1S/C18H22BrNO3/c1-2-14(19)17(21)13-7-8-15-12(11-13)5-3-9-20(15)18(22)16-6-4-10-23-16/h7-8,11,14,16H,2-6,9-10H2,1H3. The highest BCUT2D eigenvalue weighted by Crippen LogP contribution is 2.31.